The van der Waals surface area contributed by atoms with Gasteiger partial charge in [0, 0.05) is 78.9 Å². The van der Waals surface area contributed by atoms with Crippen LogP contribution in [0.4, 0.5) is 34.5 Å². The predicted molar refractivity (Wildman–Crippen MR) is 221 cm³/mol. The molecule has 1 unspecified atom stereocenters. The summed E-state index contributed by atoms with van der Waals surface area (Å²) in [5.74, 6) is 0.198. The lowest BCUT2D eigenvalue weighted by molar-refractivity contribution is -0.137. The van der Waals surface area contributed by atoms with E-state index >= 15 is 0 Å². The Kier molecular flexibility index (Phi) is 11.7. The Hall–Kier alpha value is -5.66. The number of benzene rings is 3. The van der Waals surface area contributed by atoms with E-state index in [4.69, 9.17) is 16.3 Å². The van der Waals surface area contributed by atoms with Crippen LogP contribution in [0.2, 0.25) is 5.02 Å². The molecule has 3 aromatic carbocycles. The topological polar surface area (TPSA) is 187 Å². The van der Waals surface area contributed by atoms with E-state index in [2.05, 4.69) is 41.5 Å². The largest absolute Gasteiger partial charge is 0.494 e. The van der Waals surface area contributed by atoms with Crippen LogP contribution < -0.4 is 41.5 Å². The highest BCUT2D eigenvalue weighted by Gasteiger charge is 2.40. The van der Waals surface area contributed by atoms with E-state index in [1.807, 2.05) is 48.5 Å². The molecule has 4 aromatic rings. The maximum Gasteiger partial charge on any atom is 0.255 e. The third-order valence-electron chi connectivity index (χ3n) is 10.4. The van der Waals surface area contributed by atoms with Gasteiger partial charge in [-0.3, -0.25) is 24.5 Å². The zero-order chi connectivity index (χ0) is 40.3. The predicted octanol–water partition coefficient (Wildman–Crippen LogP) is 5.22. The number of nitrogens with zero attached hydrogens (tertiary/aromatic N) is 4. The Labute approximate surface area is 335 Å². The lowest BCUT2D eigenvalue weighted by atomic mass is 10.0. The number of hydrogen-bond donors (Lipinski definition) is 5. The molecule has 0 aliphatic carbocycles. The van der Waals surface area contributed by atoms with Gasteiger partial charge in [0.25, 0.3) is 5.91 Å². The van der Waals surface area contributed by atoms with Gasteiger partial charge in [-0.15, -0.1) is 0 Å². The molecule has 0 bridgehead atoms. The smallest absolute Gasteiger partial charge is 0.255 e. The van der Waals surface area contributed by atoms with Crippen molar-refractivity contribution in [2.24, 2.45) is 0 Å². The third kappa shape index (κ3) is 9.00. The molecular formula is C40H45ClN9O6P. The second-order valence-corrected chi connectivity index (χ2v) is 18.2. The number of imide groups is 1. The van der Waals surface area contributed by atoms with E-state index in [9.17, 15) is 23.7 Å². The number of amides is 4. The van der Waals surface area contributed by atoms with Crippen LogP contribution in [-0.4, -0.2) is 90.7 Å². The fourth-order valence-electron chi connectivity index (χ4n) is 7.44. The van der Waals surface area contributed by atoms with Crippen LogP contribution >= 0.6 is 18.7 Å². The van der Waals surface area contributed by atoms with E-state index in [0.29, 0.717) is 57.7 Å². The van der Waals surface area contributed by atoms with Gasteiger partial charge >= 0.3 is 0 Å². The van der Waals surface area contributed by atoms with Crippen molar-refractivity contribution in [3.8, 4) is 5.75 Å². The van der Waals surface area contributed by atoms with Crippen molar-refractivity contribution >= 4 is 82.2 Å². The van der Waals surface area contributed by atoms with E-state index in [1.165, 1.54) is 11.1 Å². The summed E-state index contributed by atoms with van der Waals surface area (Å²) in [4.78, 5) is 62.9. The Morgan fingerprint density at radius 2 is 1.75 bits per heavy atom. The number of methoxy groups -OCH3 is 1. The molecule has 57 heavy (non-hydrogen) atoms. The van der Waals surface area contributed by atoms with E-state index in [1.54, 1.807) is 32.6 Å². The lowest BCUT2D eigenvalue weighted by Gasteiger charge is -2.34. The highest BCUT2D eigenvalue weighted by atomic mass is 35.5. The molecule has 298 valence electrons. The average Bonchev–Trinajstić information content (AvgIpc) is 3.52. The molecule has 2 fully saturated rings. The SMILES string of the molecule is COc1cc(N2CCC(NC(=O)CCNc3cccc4c3CN(C3CCC(=O)NC3=O)C4=O)CC2)ccc1Nc1ncc(Cl)c(Nc2ccccc2P(C)(C)=O)n1. The minimum absolute atomic E-state index is 0.0377. The van der Waals surface area contributed by atoms with Crippen molar-refractivity contribution in [2.45, 2.75) is 50.7 Å². The molecular weight excluding hydrogens is 769 g/mol. The number of aromatic nitrogens is 2. The summed E-state index contributed by atoms with van der Waals surface area (Å²) >= 11 is 6.45. The van der Waals surface area contributed by atoms with Crippen molar-refractivity contribution in [1.29, 1.82) is 0 Å². The van der Waals surface area contributed by atoms with Crippen LogP contribution in [0.1, 0.15) is 48.0 Å². The molecule has 3 aliphatic rings. The molecule has 5 N–H and O–H groups in total. The second-order valence-electron chi connectivity index (χ2n) is 14.6. The summed E-state index contributed by atoms with van der Waals surface area (Å²) in [6.45, 7) is 5.55. The fraction of sp³-hybridized carbons (Fsp3) is 0.350. The minimum atomic E-state index is -2.57. The van der Waals surface area contributed by atoms with Gasteiger partial charge in [0.05, 0.1) is 24.7 Å². The number of carbonyl (C=O) groups is 4. The first-order valence-corrected chi connectivity index (χ1v) is 21.8. The molecule has 4 heterocycles. The molecule has 0 saturated carbocycles. The van der Waals surface area contributed by atoms with Crippen molar-refractivity contribution in [1.82, 2.24) is 25.5 Å². The van der Waals surface area contributed by atoms with Gasteiger partial charge in [0.2, 0.25) is 23.7 Å². The summed E-state index contributed by atoms with van der Waals surface area (Å²) < 4.78 is 18.6. The molecule has 3 aliphatic heterocycles. The first-order chi connectivity index (χ1) is 27.4. The minimum Gasteiger partial charge on any atom is -0.494 e. The zero-order valence-electron chi connectivity index (χ0n) is 31.9. The number of piperidine rings is 2. The summed E-state index contributed by atoms with van der Waals surface area (Å²) in [6.07, 6.45) is 3.79. The molecule has 2 saturated heterocycles. The van der Waals surface area contributed by atoms with Gasteiger partial charge in [-0.25, -0.2) is 4.98 Å². The Bertz CT molecular complexity index is 2260. The van der Waals surface area contributed by atoms with Crippen LogP contribution in [0, 0.1) is 0 Å². The van der Waals surface area contributed by atoms with Gasteiger partial charge in [-0.05, 0) is 69.0 Å². The normalized spacial score (nSPS) is 17.2. The number of anilines is 6. The number of hydrogen-bond acceptors (Lipinski definition) is 12. The van der Waals surface area contributed by atoms with E-state index < -0.39 is 19.1 Å². The highest BCUT2D eigenvalue weighted by Crippen LogP contribution is 2.39. The first kappa shape index (κ1) is 39.6. The number of rotatable bonds is 13. The van der Waals surface area contributed by atoms with Crippen molar-refractivity contribution < 1.29 is 28.5 Å². The van der Waals surface area contributed by atoms with Crippen molar-refractivity contribution in [2.75, 3.05) is 60.9 Å². The average molecular weight is 814 g/mol. The summed E-state index contributed by atoms with van der Waals surface area (Å²) in [5.41, 5.74) is 4.36. The van der Waals surface area contributed by atoms with Gasteiger partial charge in [0.15, 0.2) is 5.82 Å². The number of para-hydroxylation sites is 1. The van der Waals surface area contributed by atoms with E-state index in [-0.39, 0.29) is 43.1 Å². The number of ether oxygens (including phenoxy) is 1. The van der Waals surface area contributed by atoms with Gasteiger partial charge in [-0.2, -0.15) is 4.98 Å². The maximum atomic E-state index is 13.1. The van der Waals surface area contributed by atoms with Crippen LogP contribution in [0.5, 0.6) is 5.75 Å². The summed E-state index contributed by atoms with van der Waals surface area (Å²) in [6, 6.07) is 18.0. The van der Waals surface area contributed by atoms with Crippen LogP contribution in [-0.2, 0) is 25.5 Å². The van der Waals surface area contributed by atoms with Crippen LogP contribution in [0.25, 0.3) is 0 Å². The van der Waals surface area contributed by atoms with Crippen molar-refractivity contribution in [3.05, 3.63) is 83.0 Å². The molecule has 15 nitrogen and oxygen atoms in total. The molecule has 0 spiro atoms. The summed E-state index contributed by atoms with van der Waals surface area (Å²) in [7, 11) is -0.967. The molecule has 4 amide bonds. The first-order valence-electron chi connectivity index (χ1n) is 18.8. The van der Waals surface area contributed by atoms with Crippen LogP contribution in [0.3, 0.4) is 0 Å². The molecule has 0 radical (unpaired) electrons. The second kappa shape index (κ2) is 16.8. The molecule has 1 atom stereocenters. The van der Waals surface area contributed by atoms with Crippen LogP contribution in [0.15, 0.2) is 66.9 Å². The van der Waals surface area contributed by atoms with Gasteiger partial charge < -0.3 is 40.4 Å². The van der Waals surface area contributed by atoms with Crippen molar-refractivity contribution in [3.63, 3.8) is 0 Å². The van der Waals surface area contributed by atoms with Gasteiger partial charge in [0.1, 0.15) is 24.0 Å². The number of halogens is 1. The molecule has 1 aromatic heterocycles. The summed E-state index contributed by atoms with van der Waals surface area (Å²) in [5, 5.41) is 16.3. The Morgan fingerprint density at radius 1 is 0.982 bits per heavy atom. The highest BCUT2D eigenvalue weighted by molar-refractivity contribution is 7.70. The quantitative estimate of drug-likeness (QED) is 0.0877. The lowest BCUT2D eigenvalue weighted by Crippen LogP contribution is -2.52. The Morgan fingerprint density at radius 3 is 2.51 bits per heavy atom. The Balaban J connectivity index is 0.896. The third-order valence-corrected chi connectivity index (χ3v) is 12.2. The zero-order valence-corrected chi connectivity index (χ0v) is 33.6. The standard InChI is InChI=1S/C40H45ClN9O6P/c1-56-33-21-25(11-12-30(33)46-40-43-22-28(41)37(48-40)45-31-8-4-5-10-34(31)57(2,3)55)49-19-16-24(17-20-49)44-36(52)15-18-42-29-9-6-7-26-27(29)23-50(39(26)54)32-13-14-35(51)47-38(32)53/h4-12,21-22,24,32,42H,13-20,23H2,1-3H3,(H,44,52)(H,47,51,53)(H2,43,45,46,48). The number of carbonyl (C=O) groups excluding carboxylic acids is 4. The molecule has 7 rings (SSSR count). The van der Waals surface area contributed by atoms with E-state index in [0.717, 1.165) is 42.9 Å². The monoisotopic (exact) mass is 813 g/mol. The number of fused-ring (bicyclic) bond motifs is 1. The number of nitrogens with one attached hydrogen (secondary N) is 5. The fourth-order valence-corrected chi connectivity index (χ4v) is 8.73. The molecule has 17 heteroatoms. The maximum absolute atomic E-state index is 13.1. The van der Waals surface area contributed by atoms with Gasteiger partial charge in [-0.1, -0.05) is 29.8 Å².